The van der Waals surface area contributed by atoms with Crippen LogP contribution in [0, 0.1) is 0 Å². The SMILES string of the molecule is C/C=C/C(=O)C(C)(CCl)O[Si](C)(C)C. The zero-order chi connectivity index (χ0) is 11.4. The smallest absolute Gasteiger partial charge is 0.186 e. The maximum absolute atomic E-state index is 11.7. The highest BCUT2D eigenvalue weighted by molar-refractivity contribution is 6.70. The minimum absolute atomic E-state index is 0.0579. The largest absolute Gasteiger partial charge is 0.404 e. The van der Waals surface area contributed by atoms with E-state index in [2.05, 4.69) is 0 Å². The summed E-state index contributed by atoms with van der Waals surface area (Å²) in [7, 11) is -1.74. The summed E-state index contributed by atoms with van der Waals surface area (Å²) < 4.78 is 5.79. The summed E-state index contributed by atoms with van der Waals surface area (Å²) in [5, 5.41) is 0. The number of allylic oxidation sites excluding steroid dienone is 1. The van der Waals surface area contributed by atoms with E-state index in [9.17, 15) is 4.79 Å². The highest BCUT2D eigenvalue weighted by atomic mass is 35.5. The summed E-state index contributed by atoms with van der Waals surface area (Å²) in [5.74, 6) is 0.137. The zero-order valence-corrected chi connectivity index (χ0v) is 11.3. The van der Waals surface area contributed by atoms with Crippen LogP contribution in [0.4, 0.5) is 0 Å². The predicted octanol–water partition coefficient (Wildman–Crippen LogP) is 2.98. The number of alkyl halides is 1. The number of carbonyl (C=O) groups excluding carboxylic acids is 1. The van der Waals surface area contributed by atoms with Crippen LogP contribution in [-0.4, -0.2) is 25.6 Å². The van der Waals surface area contributed by atoms with Gasteiger partial charge < -0.3 is 4.43 Å². The molecule has 0 saturated heterocycles. The van der Waals surface area contributed by atoms with Gasteiger partial charge in [-0.05, 0) is 39.6 Å². The minimum Gasteiger partial charge on any atom is -0.404 e. The van der Waals surface area contributed by atoms with E-state index in [4.69, 9.17) is 16.0 Å². The molecule has 14 heavy (non-hydrogen) atoms. The van der Waals surface area contributed by atoms with Crippen LogP contribution in [0.5, 0.6) is 0 Å². The molecule has 1 unspecified atom stereocenters. The quantitative estimate of drug-likeness (QED) is 0.415. The maximum Gasteiger partial charge on any atom is 0.186 e. The first-order valence-electron chi connectivity index (χ1n) is 4.68. The van der Waals surface area contributed by atoms with E-state index in [1.807, 2.05) is 19.6 Å². The van der Waals surface area contributed by atoms with Gasteiger partial charge in [0.1, 0.15) is 5.60 Å². The predicted molar refractivity (Wildman–Crippen MR) is 63.4 cm³/mol. The van der Waals surface area contributed by atoms with Gasteiger partial charge in [0.15, 0.2) is 14.1 Å². The van der Waals surface area contributed by atoms with Gasteiger partial charge >= 0.3 is 0 Å². The Balaban J connectivity index is 4.72. The van der Waals surface area contributed by atoms with Gasteiger partial charge in [0.25, 0.3) is 0 Å². The first-order valence-corrected chi connectivity index (χ1v) is 8.63. The number of hydrogen-bond donors (Lipinski definition) is 0. The summed E-state index contributed by atoms with van der Waals surface area (Å²) in [6.07, 6.45) is 3.23. The molecule has 0 aliphatic carbocycles. The lowest BCUT2D eigenvalue weighted by Crippen LogP contribution is -2.47. The Bertz CT molecular complexity index is 233. The van der Waals surface area contributed by atoms with Crippen LogP contribution in [0.2, 0.25) is 19.6 Å². The molecule has 0 fully saturated rings. The number of halogens is 1. The van der Waals surface area contributed by atoms with Gasteiger partial charge in [-0.1, -0.05) is 6.08 Å². The van der Waals surface area contributed by atoms with Gasteiger partial charge in [-0.25, -0.2) is 0 Å². The number of rotatable bonds is 5. The van der Waals surface area contributed by atoms with Crippen molar-refractivity contribution in [3.05, 3.63) is 12.2 Å². The van der Waals surface area contributed by atoms with Gasteiger partial charge in [0, 0.05) is 0 Å². The lowest BCUT2D eigenvalue weighted by Gasteiger charge is -2.32. The molecule has 82 valence electrons. The molecule has 0 aromatic carbocycles. The van der Waals surface area contributed by atoms with Gasteiger partial charge in [-0.2, -0.15) is 0 Å². The van der Waals surface area contributed by atoms with E-state index in [-0.39, 0.29) is 11.7 Å². The zero-order valence-electron chi connectivity index (χ0n) is 9.56. The van der Waals surface area contributed by atoms with Crippen molar-refractivity contribution in [2.45, 2.75) is 39.1 Å². The molecule has 0 N–H and O–H groups in total. The standard InChI is InChI=1S/C10H19ClO2Si/c1-6-7-9(12)10(2,8-11)13-14(3,4)5/h6-7H,8H2,1-5H3/b7-6+. The first kappa shape index (κ1) is 13.9. The molecule has 0 heterocycles. The monoisotopic (exact) mass is 234 g/mol. The van der Waals surface area contributed by atoms with Crippen molar-refractivity contribution in [3.63, 3.8) is 0 Å². The minimum atomic E-state index is -1.74. The van der Waals surface area contributed by atoms with Gasteiger partial charge in [0.05, 0.1) is 5.88 Å². The van der Waals surface area contributed by atoms with Crippen LogP contribution in [0.15, 0.2) is 12.2 Å². The molecule has 0 radical (unpaired) electrons. The van der Waals surface area contributed by atoms with Crippen molar-refractivity contribution in [2.75, 3.05) is 5.88 Å². The van der Waals surface area contributed by atoms with Crippen molar-refractivity contribution in [1.82, 2.24) is 0 Å². The summed E-state index contributed by atoms with van der Waals surface area (Å²) >= 11 is 5.79. The van der Waals surface area contributed by atoms with Crippen LogP contribution in [-0.2, 0) is 9.22 Å². The normalized spacial score (nSPS) is 17.0. The average molecular weight is 235 g/mol. The van der Waals surface area contributed by atoms with Crippen LogP contribution < -0.4 is 0 Å². The third kappa shape index (κ3) is 4.40. The fourth-order valence-corrected chi connectivity index (χ4v) is 2.95. The number of ketones is 1. The molecule has 4 heteroatoms. The van der Waals surface area contributed by atoms with Crippen LogP contribution in [0.1, 0.15) is 13.8 Å². The van der Waals surface area contributed by atoms with Crippen LogP contribution in [0.3, 0.4) is 0 Å². The molecule has 1 atom stereocenters. The van der Waals surface area contributed by atoms with Crippen molar-refractivity contribution in [3.8, 4) is 0 Å². The van der Waals surface area contributed by atoms with Crippen molar-refractivity contribution >= 4 is 25.7 Å². The van der Waals surface area contributed by atoms with Gasteiger partial charge in [0.2, 0.25) is 0 Å². The molecule has 0 amide bonds. The maximum atomic E-state index is 11.7. The summed E-state index contributed by atoms with van der Waals surface area (Å²) in [6.45, 7) is 9.68. The second-order valence-corrected chi connectivity index (χ2v) is 9.14. The molecule has 0 rings (SSSR count). The molecule has 0 aromatic heterocycles. The fraction of sp³-hybridized carbons (Fsp3) is 0.700. The Morgan fingerprint density at radius 2 is 2.00 bits per heavy atom. The van der Waals surface area contributed by atoms with E-state index in [1.54, 1.807) is 19.9 Å². The Kier molecular flexibility index (Phi) is 5.05. The number of carbonyl (C=O) groups is 1. The molecular formula is C10H19ClO2Si. The third-order valence-electron chi connectivity index (χ3n) is 1.63. The molecular weight excluding hydrogens is 216 g/mol. The second-order valence-electron chi connectivity index (χ2n) is 4.44. The summed E-state index contributed by atoms with van der Waals surface area (Å²) in [5.41, 5.74) is -0.863. The van der Waals surface area contributed by atoms with Crippen molar-refractivity contribution in [1.29, 1.82) is 0 Å². The molecule has 0 aliphatic heterocycles. The Hall–Kier alpha value is -0.123. The Morgan fingerprint density at radius 3 is 2.29 bits per heavy atom. The highest BCUT2D eigenvalue weighted by Crippen LogP contribution is 2.21. The molecule has 0 saturated carbocycles. The lowest BCUT2D eigenvalue weighted by atomic mass is 10.0. The van der Waals surface area contributed by atoms with Gasteiger partial charge in [-0.3, -0.25) is 4.79 Å². The molecule has 0 bridgehead atoms. The molecule has 0 aromatic rings. The highest BCUT2D eigenvalue weighted by Gasteiger charge is 2.36. The Morgan fingerprint density at radius 1 is 1.50 bits per heavy atom. The third-order valence-corrected chi connectivity index (χ3v) is 3.20. The lowest BCUT2D eigenvalue weighted by molar-refractivity contribution is -0.127. The van der Waals surface area contributed by atoms with E-state index >= 15 is 0 Å². The van der Waals surface area contributed by atoms with Crippen LogP contribution >= 0.6 is 11.6 Å². The van der Waals surface area contributed by atoms with Crippen LogP contribution in [0.25, 0.3) is 0 Å². The van der Waals surface area contributed by atoms with Crippen molar-refractivity contribution < 1.29 is 9.22 Å². The van der Waals surface area contributed by atoms with Gasteiger partial charge in [-0.15, -0.1) is 11.6 Å². The van der Waals surface area contributed by atoms with E-state index < -0.39 is 13.9 Å². The van der Waals surface area contributed by atoms with E-state index in [0.717, 1.165) is 0 Å². The molecule has 0 spiro atoms. The Labute approximate surface area is 92.4 Å². The van der Waals surface area contributed by atoms with Crippen molar-refractivity contribution in [2.24, 2.45) is 0 Å². The van der Waals surface area contributed by atoms with E-state index in [1.165, 1.54) is 6.08 Å². The topological polar surface area (TPSA) is 26.3 Å². The molecule has 0 aliphatic rings. The van der Waals surface area contributed by atoms with E-state index in [0.29, 0.717) is 0 Å². The summed E-state index contributed by atoms with van der Waals surface area (Å²) in [4.78, 5) is 11.7. The molecule has 2 nitrogen and oxygen atoms in total. The summed E-state index contributed by atoms with van der Waals surface area (Å²) in [6, 6.07) is 0. The average Bonchev–Trinajstić information content (AvgIpc) is 2.01. The first-order chi connectivity index (χ1) is 6.25. The number of hydrogen-bond acceptors (Lipinski definition) is 2. The second kappa shape index (κ2) is 5.10. The fourth-order valence-electron chi connectivity index (χ4n) is 1.15.